The van der Waals surface area contributed by atoms with Crippen LogP contribution in [-0.4, -0.2) is 24.4 Å². The van der Waals surface area contributed by atoms with E-state index in [1.165, 1.54) is 12.8 Å². The molecule has 1 fully saturated rings. The second kappa shape index (κ2) is 6.62. The Hall–Kier alpha value is -0.740. The Kier molecular flexibility index (Phi) is 5.11. The third kappa shape index (κ3) is 4.39. The lowest BCUT2D eigenvalue weighted by Gasteiger charge is -2.27. The number of hydrogen-bond acceptors (Lipinski definition) is 3. The van der Waals surface area contributed by atoms with Crippen LogP contribution in [0.5, 0.6) is 5.75 Å². The summed E-state index contributed by atoms with van der Waals surface area (Å²) in [6.45, 7) is 0.604. The van der Waals surface area contributed by atoms with E-state index in [0.29, 0.717) is 6.54 Å². The topological polar surface area (TPSA) is 41.5 Å². The van der Waals surface area contributed by atoms with Gasteiger partial charge in [0, 0.05) is 22.8 Å². The Bertz CT molecular complexity index is 415. The molecule has 0 bridgehead atoms. The van der Waals surface area contributed by atoms with Crippen molar-refractivity contribution >= 4 is 21.6 Å². The summed E-state index contributed by atoms with van der Waals surface area (Å²) < 4.78 is 6.21. The van der Waals surface area contributed by atoms with Crippen molar-refractivity contribution in [3.63, 3.8) is 0 Å². The summed E-state index contributed by atoms with van der Waals surface area (Å²) in [4.78, 5) is 0. The first-order valence-corrected chi connectivity index (χ1v) is 7.71. The van der Waals surface area contributed by atoms with Crippen LogP contribution in [0.15, 0.2) is 22.7 Å². The minimum atomic E-state index is -0.563. The molecule has 0 amide bonds. The molecular weight excluding hydrogens is 306 g/mol. The van der Waals surface area contributed by atoms with E-state index >= 15 is 0 Å². The van der Waals surface area contributed by atoms with Crippen molar-refractivity contribution in [1.82, 2.24) is 0 Å². The Morgan fingerprint density at radius 3 is 2.53 bits per heavy atom. The largest absolute Gasteiger partial charge is 0.497 e. The number of nitrogens with one attached hydrogen (secondary N) is 1. The Morgan fingerprint density at radius 2 is 1.89 bits per heavy atom. The molecule has 106 valence electrons. The van der Waals surface area contributed by atoms with Crippen LogP contribution in [0.2, 0.25) is 0 Å². The van der Waals surface area contributed by atoms with Gasteiger partial charge in [-0.1, -0.05) is 41.6 Å². The van der Waals surface area contributed by atoms with Crippen molar-refractivity contribution in [3.05, 3.63) is 22.7 Å². The summed E-state index contributed by atoms with van der Waals surface area (Å²) in [5.41, 5.74) is 0.412. The van der Waals surface area contributed by atoms with Gasteiger partial charge in [0.15, 0.2) is 0 Å². The van der Waals surface area contributed by atoms with Crippen LogP contribution in [-0.2, 0) is 0 Å². The zero-order valence-electron chi connectivity index (χ0n) is 11.4. The number of benzene rings is 1. The summed E-state index contributed by atoms with van der Waals surface area (Å²) in [5, 5.41) is 13.9. The molecule has 0 atom stereocenters. The minimum Gasteiger partial charge on any atom is -0.497 e. The fraction of sp³-hybridized carbons (Fsp3) is 0.600. The highest BCUT2D eigenvalue weighted by atomic mass is 79.9. The van der Waals surface area contributed by atoms with Gasteiger partial charge in [-0.25, -0.2) is 0 Å². The zero-order valence-corrected chi connectivity index (χ0v) is 13.0. The van der Waals surface area contributed by atoms with E-state index in [2.05, 4.69) is 21.2 Å². The predicted octanol–water partition coefficient (Wildman–Crippen LogP) is 3.95. The summed E-state index contributed by atoms with van der Waals surface area (Å²) in [7, 11) is 1.66. The monoisotopic (exact) mass is 327 g/mol. The predicted molar refractivity (Wildman–Crippen MR) is 81.8 cm³/mol. The Labute approximate surface area is 123 Å². The van der Waals surface area contributed by atoms with Gasteiger partial charge in [0.05, 0.1) is 12.7 Å². The molecule has 0 saturated heterocycles. The highest BCUT2D eigenvalue weighted by Gasteiger charge is 2.27. The van der Waals surface area contributed by atoms with Gasteiger partial charge >= 0.3 is 0 Å². The number of ether oxygens (including phenoxy) is 1. The summed E-state index contributed by atoms with van der Waals surface area (Å²) in [6.07, 6.45) is 6.52. The van der Waals surface area contributed by atoms with Crippen molar-refractivity contribution in [1.29, 1.82) is 0 Å². The molecule has 1 aromatic carbocycles. The normalized spacial score (nSPS) is 18.7. The van der Waals surface area contributed by atoms with Crippen LogP contribution < -0.4 is 10.1 Å². The lowest BCUT2D eigenvalue weighted by molar-refractivity contribution is 0.0381. The van der Waals surface area contributed by atoms with Gasteiger partial charge in [0.2, 0.25) is 0 Å². The van der Waals surface area contributed by atoms with Gasteiger partial charge in [0.25, 0.3) is 0 Å². The zero-order chi connectivity index (χ0) is 13.7. The third-order valence-electron chi connectivity index (χ3n) is 3.76. The summed E-state index contributed by atoms with van der Waals surface area (Å²) >= 11 is 3.46. The molecule has 1 aromatic rings. The van der Waals surface area contributed by atoms with E-state index < -0.39 is 5.60 Å². The third-order valence-corrected chi connectivity index (χ3v) is 4.22. The Morgan fingerprint density at radius 1 is 1.21 bits per heavy atom. The molecule has 3 nitrogen and oxygen atoms in total. The van der Waals surface area contributed by atoms with Gasteiger partial charge in [0.1, 0.15) is 5.75 Å². The lowest BCUT2D eigenvalue weighted by atomic mass is 9.94. The molecule has 4 heteroatoms. The number of hydrogen-bond donors (Lipinski definition) is 2. The second-order valence-electron chi connectivity index (χ2n) is 5.37. The molecule has 1 aliphatic rings. The maximum atomic E-state index is 10.6. The quantitative estimate of drug-likeness (QED) is 0.822. The minimum absolute atomic E-state index is 0.563. The molecule has 19 heavy (non-hydrogen) atoms. The van der Waals surface area contributed by atoms with Gasteiger partial charge in [-0.05, 0) is 25.0 Å². The fourth-order valence-corrected chi connectivity index (χ4v) is 3.08. The van der Waals surface area contributed by atoms with E-state index in [0.717, 1.165) is 41.6 Å². The van der Waals surface area contributed by atoms with Gasteiger partial charge in [-0.2, -0.15) is 0 Å². The van der Waals surface area contributed by atoms with Crippen molar-refractivity contribution in [2.45, 2.75) is 44.1 Å². The molecule has 2 N–H and O–H groups in total. The van der Waals surface area contributed by atoms with Crippen LogP contribution in [0, 0.1) is 0 Å². The van der Waals surface area contributed by atoms with Gasteiger partial charge in [-0.15, -0.1) is 0 Å². The van der Waals surface area contributed by atoms with Crippen LogP contribution >= 0.6 is 15.9 Å². The van der Waals surface area contributed by atoms with E-state index in [1.807, 2.05) is 18.2 Å². The maximum absolute atomic E-state index is 10.6. The lowest BCUT2D eigenvalue weighted by Crippen LogP contribution is -2.36. The molecule has 1 saturated carbocycles. The molecule has 1 aliphatic carbocycles. The van der Waals surface area contributed by atoms with Crippen molar-refractivity contribution in [2.75, 3.05) is 19.0 Å². The first kappa shape index (κ1) is 14.7. The van der Waals surface area contributed by atoms with Crippen LogP contribution in [0.3, 0.4) is 0 Å². The van der Waals surface area contributed by atoms with E-state index in [4.69, 9.17) is 4.74 Å². The van der Waals surface area contributed by atoms with E-state index in [1.54, 1.807) is 7.11 Å². The van der Waals surface area contributed by atoms with Crippen LogP contribution in [0.4, 0.5) is 5.69 Å². The molecule has 0 aliphatic heterocycles. The fourth-order valence-electron chi connectivity index (χ4n) is 2.61. The van der Waals surface area contributed by atoms with E-state index in [-0.39, 0.29) is 0 Å². The highest BCUT2D eigenvalue weighted by molar-refractivity contribution is 9.10. The molecule has 0 aromatic heterocycles. The number of rotatable bonds is 4. The van der Waals surface area contributed by atoms with Gasteiger partial charge < -0.3 is 15.2 Å². The smallest absolute Gasteiger partial charge is 0.122 e. The van der Waals surface area contributed by atoms with Crippen LogP contribution in [0.25, 0.3) is 0 Å². The van der Waals surface area contributed by atoms with E-state index in [9.17, 15) is 5.11 Å². The standard InChI is InChI=1S/C15H22BrNO2/c1-19-14-9-12(16)8-13(10-14)17-11-15(18)6-4-2-3-5-7-15/h8-10,17-18H,2-7,11H2,1H3. The SMILES string of the molecule is COc1cc(Br)cc(NCC2(O)CCCCCC2)c1. The second-order valence-corrected chi connectivity index (χ2v) is 6.29. The first-order valence-electron chi connectivity index (χ1n) is 6.92. The first-order chi connectivity index (χ1) is 9.11. The van der Waals surface area contributed by atoms with Crippen molar-refractivity contribution in [2.24, 2.45) is 0 Å². The summed E-state index contributed by atoms with van der Waals surface area (Å²) in [6, 6.07) is 5.87. The molecule has 0 spiro atoms. The number of methoxy groups -OCH3 is 1. The molecule has 2 rings (SSSR count). The molecular formula is C15H22BrNO2. The number of halogens is 1. The van der Waals surface area contributed by atoms with Crippen LogP contribution in [0.1, 0.15) is 38.5 Å². The number of aliphatic hydroxyl groups is 1. The summed E-state index contributed by atoms with van der Waals surface area (Å²) in [5.74, 6) is 0.810. The molecule has 0 unspecified atom stereocenters. The average Bonchev–Trinajstić information content (AvgIpc) is 2.61. The van der Waals surface area contributed by atoms with Gasteiger partial charge in [-0.3, -0.25) is 0 Å². The molecule has 0 radical (unpaired) electrons. The highest BCUT2D eigenvalue weighted by Crippen LogP contribution is 2.29. The van der Waals surface area contributed by atoms with Crippen molar-refractivity contribution < 1.29 is 9.84 Å². The van der Waals surface area contributed by atoms with Crippen molar-refractivity contribution in [3.8, 4) is 5.75 Å². The average molecular weight is 328 g/mol. The maximum Gasteiger partial charge on any atom is 0.122 e. The molecule has 0 heterocycles. The number of anilines is 1. The Balaban J connectivity index is 1.99.